The van der Waals surface area contributed by atoms with Gasteiger partial charge in [0.25, 0.3) is 5.91 Å². The number of hydrogen-bond acceptors (Lipinski definition) is 5. The molecule has 1 saturated heterocycles. The summed E-state index contributed by atoms with van der Waals surface area (Å²) in [6.45, 7) is -0.326. The van der Waals surface area contributed by atoms with Crippen molar-refractivity contribution >= 4 is 35.0 Å². The first-order valence-corrected chi connectivity index (χ1v) is 9.28. The topological polar surface area (TPSA) is 109 Å². The van der Waals surface area contributed by atoms with E-state index in [0.717, 1.165) is 4.90 Å². The molecular formula is C21H19N3O5. The Morgan fingerprint density at radius 2 is 1.62 bits per heavy atom. The van der Waals surface area contributed by atoms with Crippen LogP contribution >= 0.6 is 0 Å². The lowest BCUT2D eigenvalue weighted by Gasteiger charge is -2.15. The second-order valence-electron chi connectivity index (χ2n) is 6.98. The number of imide groups is 1. The van der Waals surface area contributed by atoms with Gasteiger partial charge >= 0.3 is 0 Å². The summed E-state index contributed by atoms with van der Waals surface area (Å²) in [5.74, 6) is -2.03. The van der Waals surface area contributed by atoms with E-state index >= 15 is 0 Å². The highest BCUT2D eigenvalue weighted by atomic mass is 16.3. The minimum Gasteiger partial charge on any atom is -0.459 e. The van der Waals surface area contributed by atoms with Crippen LogP contribution in [0, 0.1) is 11.8 Å². The quantitative estimate of drug-likeness (QED) is 0.599. The molecule has 0 unspecified atom stereocenters. The van der Waals surface area contributed by atoms with Gasteiger partial charge < -0.3 is 15.1 Å². The van der Waals surface area contributed by atoms with Crippen molar-refractivity contribution in [2.75, 3.05) is 17.2 Å². The molecule has 4 amide bonds. The van der Waals surface area contributed by atoms with Crippen LogP contribution in [0.2, 0.25) is 0 Å². The van der Waals surface area contributed by atoms with Crippen LogP contribution in [0.25, 0.3) is 0 Å². The minimum atomic E-state index is -0.479. The van der Waals surface area contributed by atoms with Crippen molar-refractivity contribution in [3.8, 4) is 0 Å². The number of furan rings is 1. The Labute approximate surface area is 166 Å². The number of allylic oxidation sites excluding steroid dienone is 2. The summed E-state index contributed by atoms with van der Waals surface area (Å²) >= 11 is 0. The molecule has 4 rings (SSSR count). The number of benzene rings is 1. The summed E-state index contributed by atoms with van der Waals surface area (Å²) in [6, 6.07) is 9.71. The van der Waals surface area contributed by atoms with Crippen molar-refractivity contribution in [2.24, 2.45) is 11.8 Å². The Hall–Kier alpha value is -3.68. The summed E-state index contributed by atoms with van der Waals surface area (Å²) in [5, 5.41) is 5.33. The van der Waals surface area contributed by atoms with Gasteiger partial charge in [0.05, 0.1) is 18.1 Å². The monoisotopic (exact) mass is 393 g/mol. The van der Waals surface area contributed by atoms with Crippen molar-refractivity contribution in [1.82, 2.24) is 4.90 Å². The molecule has 2 aliphatic rings. The molecule has 1 aliphatic carbocycles. The molecule has 1 fully saturated rings. The number of nitrogens with zero attached hydrogens (tertiary/aromatic N) is 1. The third-order valence-electron chi connectivity index (χ3n) is 5.05. The molecule has 2 atom stereocenters. The van der Waals surface area contributed by atoms with Crippen molar-refractivity contribution in [3.05, 3.63) is 60.6 Å². The van der Waals surface area contributed by atoms with Crippen LogP contribution in [0.5, 0.6) is 0 Å². The maximum atomic E-state index is 12.5. The van der Waals surface area contributed by atoms with Gasteiger partial charge in [-0.05, 0) is 43.2 Å². The molecule has 0 radical (unpaired) electrons. The summed E-state index contributed by atoms with van der Waals surface area (Å²) in [5.41, 5.74) is 0.903. The van der Waals surface area contributed by atoms with Crippen LogP contribution in [-0.4, -0.2) is 35.1 Å². The molecule has 0 saturated carbocycles. The molecule has 8 heteroatoms. The fourth-order valence-corrected chi connectivity index (χ4v) is 3.64. The average molecular weight is 393 g/mol. The van der Waals surface area contributed by atoms with Crippen LogP contribution in [0.3, 0.4) is 0 Å². The number of amides is 4. The Morgan fingerprint density at radius 3 is 2.24 bits per heavy atom. The zero-order valence-corrected chi connectivity index (χ0v) is 15.5. The molecule has 29 heavy (non-hydrogen) atoms. The molecule has 0 spiro atoms. The normalized spacial score (nSPS) is 20.5. The second kappa shape index (κ2) is 7.75. The van der Waals surface area contributed by atoms with Crippen molar-refractivity contribution in [1.29, 1.82) is 0 Å². The molecule has 2 aromatic rings. The number of hydrogen-bond donors (Lipinski definition) is 2. The predicted molar refractivity (Wildman–Crippen MR) is 104 cm³/mol. The highest BCUT2D eigenvalue weighted by Crippen LogP contribution is 2.34. The Bertz CT molecular complexity index is 970. The van der Waals surface area contributed by atoms with E-state index in [-0.39, 0.29) is 36.0 Å². The number of nitrogens with one attached hydrogen (secondary N) is 2. The van der Waals surface area contributed by atoms with Crippen LogP contribution in [0.1, 0.15) is 23.4 Å². The fourth-order valence-electron chi connectivity index (χ4n) is 3.64. The zero-order chi connectivity index (χ0) is 20.4. The number of anilines is 2. The summed E-state index contributed by atoms with van der Waals surface area (Å²) in [7, 11) is 0. The lowest BCUT2D eigenvalue weighted by molar-refractivity contribution is -0.142. The van der Waals surface area contributed by atoms with Crippen molar-refractivity contribution < 1.29 is 23.6 Å². The van der Waals surface area contributed by atoms with E-state index in [4.69, 9.17) is 4.42 Å². The average Bonchev–Trinajstić information content (AvgIpc) is 3.33. The van der Waals surface area contributed by atoms with E-state index in [1.54, 1.807) is 30.3 Å². The van der Waals surface area contributed by atoms with Gasteiger partial charge in [0.15, 0.2) is 5.76 Å². The van der Waals surface area contributed by atoms with E-state index in [2.05, 4.69) is 10.6 Å². The standard InChI is InChI=1S/C21H19N3O5/c25-18(12-24-20(27)15-7-1-2-8-16(15)21(24)28)22-13-5-3-6-14(11-13)23-19(26)17-9-4-10-29-17/h1-6,9-11,15-16H,7-8,12H2,(H,22,25)(H,23,26)/t15-,16-/m0/s1. The number of likely N-dealkylation sites (tertiary alicyclic amines) is 1. The Morgan fingerprint density at radius 1 is 0.966 bits per heavy atom. The molecule has 8 nitrogen and oxygen atoms in total. The van der Waals surface area contributed by atoms with Gasteiger partial charge in [-0.25, -0.2) is 0 Å². The van der Waals surface area contributed by atoms with E-state index in [9.17, 15) is 19.2 Å². The first-order chi connectivity index (χ1) is 14.0. The minimum absolute atomic E-state index is 0.168. The van der Waals surface area contributed by atoms with Crippen LogP contribution in [0.15, 0.2) is 59.2 Å². The number of carbonyl (C=O) groups excluding carboxylic acids is 4. The maximum Gasteiger partial charge on any atom is 0.291 e. The smallest absolute Gasteiger partial charge is 0.291 e. The van der Waals surface area contributed by atoms with Crippen LogP contribution in [-0.2, 0) is 14.4 Å². The van der Waals surface area contributed by atoms with E-state index < -0.39 is 11.8 Å². The van der Waals surface area contributed by atoms with Gasteiger partial charge in [-0.15, -0.1) is 0 Å². The number of fused-ring (bicyclic) bond motifs is 1. The van der Waals surface area contributed by atoms with Gasteiger partial charge in [-0.2, -0.15) is 0 Å². The summed E-state index contributed by atoms with van der Waals surface area (Å²) < 4.78 is 5.04. The van der Waals surface area contributed by atoms with Crippen LogP contribution in [0.4, 0.5) is 11.4 Å². The van der Waals surface area contributed by atoms with Gasteiger partial charge in [0.2, 0.25) is 17.7 Å². The van der Waals surface area contributed by atoms with Gasteiger partial charge in [0, 0.05) is 11.4 Å². The highest BCUT2D eigenvalue weighted by Gasteiger charge is 2.47. The van der Waals surface area contributed by atoms with Gasteiger partial charge in [0.1, 0.15) is 6.54 Å². The predicted octanol–water partition coefficient (Wildman–Crippen LogP) is 2.42. The molecule has 1 aromatic carbocycles. The molecule has 1 aromatic heterocycles. The Balaban J connectivity index is 1.38. The molecule has 2 heterocycles. The fraction of sp³-hybridized carbons (Fsp3) is 0.238. The van der Waals surface area contributed by atoms with E-state index in [1.807, 2.05) is 12.2 Å². The largest absolute Gasteiger partial charge is 0.459 e. The van der Waals surface area contributed by atoms with Crippen molar-refractivity contribution in [3.63, 3.8) is 0 Å². The number of carbonyl (C=O) groups is 4. The first kappa shape index (κ1) is 18.7. The third-order valence-corrected chi connectivity index (χ3v) is 5.05. The Kier molecular flexibility index (Phi) is 4.99. The maximum absolute atomic E-state index is 12.5. The third kappa shape index (κ3) is 3.82. The van der Waals surface area contributed by atoms with E-state index in [0.29, 0.717) is 24.2 Å². The SMILES string of the molecule is O=C(CN1C(=O)[C@H]2CC=CC[C@@H]2C1=O)Nc1cccc(NC(=O)c2ccco2)c1. The molecule has 2 N–H and O–H groups in total. The second-order valence-corrected chi connectivity index (χ2v) is 6.98. The molecule has 148 valence electrons. The molecule has 0 bridgehead atoms. The van der Waals surface area contributed by atoms with Crippen LogP contribution < -0.4 is 10.6 Å². The lowest BCUT2D eigenvalue weighted by Crippen LogP contribution is -2.38. The highest BCUT2D eigenvalue weighted by molar-refractivity contribution is 6.09. The number of rotatable bonds is 5. The van der Waals surface area contributed by atoms with Gasteiger partial charge in [-0.1, -0.05) is 18.2 Å². The molecular weight excluding hydrogens is 374 g/mol. The summed E-state index contributed by atoms with van der Waals surface area (Å²) in [6.07, 6.45) is 6.27. The molecule has 1 aliphatic heterocycles. The van der Waals surface area contributed by atoms with E-state index in [1.165, 1.54) is 12.3 Å². The summed E-state index contributed by atoms with van der Waals surface area (Å²) in [4.78, 5) is 50.4. The first-order valence-electron chi connectivity index (χ1n) is 9.28. The van der Waals surface area contributed by atoms with Gasteiger partial charge in [-0.3, -0.25) is 24.1 Å². The zero-order valence-electron chi connectivity index (χ0n) is 15.5. The van der Waals surface area contributed by atoms with Crippen molar-refractivity contribution in [2.45, 2.75) is 12.8 Å². The lowest BCUT2D eigenvalue weighted by atomic mass is 9.85.